The molecule has 0 bridgehead atoms. The summed E-state index contributed by atoms with van der Waals surface area (Å²) in [4.78, 5) is 4.40. The Morgan fingerprint density at radius 3 is 2.28 bits per heavy atom. The van der Waals surface area contributed by atoms with E-state index >= 15 is 0 Å². The second-order valence-corrected chi connectivity index (χ2v) is 4.84. The highest BCUT2D eigenvalue weighted by Crippen LogP contribution is 2.13. The fourth-order valence-electron chi connectivity index (χ4n) is 1.83. The van der Waals surface area contributed by atoms with Crippen LogP contribution in [0.5, 0.6) is 0 Å². The van der Waals surface area contributed by atoms with Crippen LogP contribution < -0.4 is 5.32 Å². The third-order valence-corrected chi connectivity index (χ3v) is 3.14. The third kappa shape index (κ3) is 3.41. The average molecular weight is 240 g/mol. The molecule has 1 aromatic carbocycles. The molecule has 1 atom stereocenters. The predicted molar refractivity (Wildman–Crippen MR) is 75.4 cm³/mol. The van der Waals surface area contributed by atoms with Gasteiger partial charge >= 0.3 is 0 Å². The maximum Gasteiger partial charge on any atom is 0.0542 e. The van der Waals surface area contributed by atoms with Gasteiger partial charge in [0, 0.05) is 18.8 Å². The first-order valence-electron chi connectivity index (χ1n) is 6.36. The number of aryl methyl sites for hydroxylation is 2. The van der Waals surface area contributed by atoms with E-state index in [0.717, 1.165) is 12.2 Å². The summed E-state index contributed by atoms with van der Waals surface area (Å²) in [6, 6.07) is 13.2. The fourth-order valence-corrected chi connectivity index (χ4v) is 1.83. The van der Waals surface area contributed by atoms with E-state index in [4.69, 9.17) is 0 Å². The zero-order valence-electron chi connectivity index (χ0n) is 11.3. The van der Waals surface area contributed by atoms with Crippen molar-refractivity contribution in [1.29, 1.82) is 0 Å². The van der Waals surface area contributed by atoms with Crippen LogP contribution in [0.3, 0.4) is 0 Å². The van der Waals surface area contributed by atoms with Gasteiger partial charge in [-0.3, -0.25) is 4.98 Å². The molecule has 2 aromatic rings. The fraction of sp³-hybridized carbons (Fsp3) is 0.312. The van der Waals surface area contributed by atoms with Crippen molar-refractivity contribution in [3.05, 3.63) is 65.0 Å². The van der Waals surface area contributed by atoms with Crippen molar-refractivity contribution in [2.45, 2.75) is 33.4 Å². The average Bonchev–Trinajstić information content (AvgIpc) is 2.38. The van der Waals surface area contributed by atoms with Crippen LogP contribution in [0.2, 0.25) is 0 Å². The summed E-state index contributed by atoms with van der Waals surface area (Å²) in [5.41, 5.74) is 4.89. The standard InChI is InChI=1S/C16H20N2/c1-12-4-7-15(8-5-12)14(3)17-11-16-9-6-13(2)10-18-16/h4-10,14,17H,11H2,1-3H3. The lowest BCUT2D eigenvalue weighted by Crippen LogP contribution is -2.18. The molecule has 0 aliphatic rings. The van der Waals surface area contributed by atoms with Crippen molar-refractivity contribution < 1.29 is 0 Å². The normalized spacial score (nSPS) is 12.4. The van der Waals surface area contributed by atoms with E-state index in [2.05, 4.69) is 67.5 Å². The maximum atomic E-state index is 4.40. The van der Waals surface area contributed by atoms with Crippen molar-refractivity contribution in [1.82, 2.24) is 10.3 Å². The van der Waals surface area contributed by atoms with Crippen molar-refractivity contribution in [2.24, 2.45) is 0 Å². The summed E-state index contributed by atoms with van der Waals surface area (Å²) in [6.07, 6.45) is 1.91. The van der Waals surface area contributed by atoms with Crippen molar-refractivity contribution in [3.63, 3.8) is 0 Å². The molecule has 0 aliphatic heterocycles. The number of nitrogens with zero attached hydrogens (tertiary/aromatic N) is 1. The second-order valence-electron chi connectivity index (χ2n) is 4.84. The van der Waals surface area contributed by atoms with Gasteiger partial charge in [0.2, 0.25) is 0 Å². The van der Waals surface area contributed by atoms with Crippen LogP contribution >= 0.6 is 0 Å². The molecule has 0 saturated heterocycles. The largest absolute Gasteiger partial charge is 0.305 e. The number of rotatable bonds is 4. The number of benzene rings is 1. The van der Waals surface area contributed by atoms with E-state index in [0.29, 0.717) is 6.04 Å². The third-order valence-electron chi connectivity index (χ3n) is 3.14. The molecule has 1 aromatic heterocycles. The van der Waals surface area contributed by atoms with Gasteiger partial charge in [-0.2, -0.15) is 0 Å². The molecule has 0 radical (unpaired) electrons. The van der Waals surface area contributed by atoms with Gasteiger partial charge in [-0.05, 0) is 38.0 Å². The Kier molecular flexibility index (Phi) is 4.11. The molecule has 0 saturated carbocycles. The molecule has 0 spiro atoms. The minimum Gasteiger partial charge on any atom is -0.305 e. The molecule has 2 rings (SSSR count). The SMILES string of the molecule is Cc1ccc(C(C)NCc2ccc(C)cn2)cc1. The van der Waals surface area contributed by atoms with Gasteiger partial charge in [0.15, 0.2) is 0 Å². The highest BCUT2D eigenvalue weighted by molar-refractivity contribution is 5.23. The van der Waals surface area contributed by atoms with Crippen LogP contribution in [0.15, 0.2) is 42.6 Å². The Balaban J connectivity index is 1.93. The highest BCUT2D eigenvalue weighted by Gasteiger charge is 2.04. The summed E-state index contributed by atoms with van der Waals surface area (Å²) >= 11 is 0. The minimum absolute atomic E-state index is 0.341. The summed E-state index contributed by atoms with van der Waals surface area (Å²) in [6.45, 7) is 7.14. The van der Waals surface area contributed by atoms with E-state index in [-0.39, 0.29) is 0 Å². The molecule has 1 N–H and O–H groups in total. The van der Waals surface area contributed by atoms with Gasteiger partial charge in [-0.15, -0.1) is 0 Å². The lowest BCUT2D eigenvalue weighted by Gasteiger charge is -2.14. The lowest BCUT2D eigenvalue weighted by atomic mass is 10.1. The Morgan fingerprint density at radius 2 is 1.67 bits per heavy atom. The number of aromatic nitrogens is 1. The summed E-state index contributed by atoms with van der Waals surface area (Å²) < 4.78 is 0. The van der Waals surface area contributed by atoms with E-state index in [1.807, 2.05) is 6.20 Å². The van der Waals surface area contributed by atoms with Gasteiger partial charge in [0.1, 0.15) is 0 Å². The monoisotopic (exact) mass is 240 g/mol. The van der Waals surface area contributed by atoms with Gasteiger partial charge < -0.3 is 5.32 Å². The summed E-state index contributed by atoms with van der Waals surface area (Å²) in [5, 5.41) is 3.49. The van der Waals surface area contributed by atoms with Crippen LogP contribution in [0.25, 0.3) is 0 Å². The number of pyridine rings is 1. The highest BCUT2D eigenvalue weighted by atomic mass is 14.9. The second kappa shape index (κ2) is 5.78. The maximum absolute atomic E-state index is 4.40. The number of hydrogen-bond donors (Lipinski definition) is 1. The first kappa shape index (κ1) is 12.8. The molecule has 0 fully saturated rings. The molecule has 2 heteroatoms. The molecule has 1 heterocycles. The zero-order chi connectivity index (χ0) is 13.0. The first-order chi connectivity index (χ1) is 8.65. The molecule has 18 heavy (non-hydrogen) atoms. The quantitative estimate of drug-likeness (QED) is 0.884. The van der Waals surface area contributed by atoms with E-state index in [1.54, 1.807) is 0 Å². The smallest absolute Gasteiger partial charge is 0.0542 e. The van der Waals surface area contributed by atoms with E-state index in [1.165, 1.54) is 16.7 Å². The molecule has 0 amide bonds. The molecule has 0 aliphatic carbocycles. The Morgan fingerprint density at radius 1 is 1.00 bits per heavy atom. The van der Waals surface area contributed by atoms with Crippen LogP contribution in [0.1, 0.15) is 35.3 Å². The van der Waals surface area contributed by atoms with Crippen molar-refractivity contribution in [2.75, 3.05) is 0 Å². The Hall–Kier alpha value is -1.67. The van der Waals surface area contributed by atoms with Crippen molar-refractivity contribution in [3.8, 4) is 0 Å². The van der Waals surface area contributed by atoms with Crippen LogP contribution in [-0.4, -0.2) is 4.98 Å². The van der Waals surface area contributed by atoms with Crippen molar-refractivity contribution >= 4 is 0 Å². The first-order valence-corrected chi connectivity index (χ1v) is 6.36. The minimum atomic E-state index is 0.341. The van der Waals surface area contributed by atoms with E-state index in [9.17, 15) is 0 Å². The van der Waals surface area contributed by atoms with Crippen LogP contribution in [-0.2, 0) is 6.54 Å². The van der Waals surface area contributed by atoms with Gasteiger partial charge in [-0.1, -0.05) is 35.9 Å². The molecule has 1 unspecified atom stereocenters. The molecular formula is C16H20N2. The van der Waals surface area contributed by atoms with Gasteiger partial charge in [0.05, 0.1) is 5.69 Å². The number of hydrogen-bond acceptors (Lipinski definition) is 2. The van der Waals surface area contributed by atoms with Crippen LogP contribution in [0.4, 0.5) is 0 Å². The predicted octanol–water partition coefficient (Wildman–Crippen LogP) is 3.55. The topological polar surface area (TPSA) is 24.9 Å². The Bertz CT molecular complexity index is 486. The van der Waals surface area contributed by atoms with Gasteiger partial charge in [-0.25, -0.2) is 0 Å². The van der Waals surface area contributed by atoms with E-state index < -0.39 is 0 Å². The summed E-state index contributed by atoms with van der Waals surface area (Å²) in [7, 11) is 0. The number of nitrogens with one attached hydrogen (secondary N) is 1. The molecule has 94 valence electrons. The lowest BCUT2D eigenvalue weighted by molar-refractivity contribution is 0.567. The zero-order valence-corrected chi connectivity index (χ0v) is 11.3. The Labute approximate surface area is 109 Å². The molecular weight excluding hydrogens is 220 g/mol. The van der Waals surface area contributed by atoms with Crippen LogP contribution in [0, 0.1) is 13.8 Å². The summed E-state index contributed by atoms with van der Waals surface area (Å²) in [5.74, 6) is 0. The van der Waals surface area contributed by atoms with Gasteiger partial charge in [0.25, 0.3) is 0 Å². The molecule has 2 nitrogen and oxygen atoms in total.